The second-order valence-electron chi connectivity index (χ2n) is 5.10. The Morgan fingerprint density at radius 2 is 1.60 bits per heavy atom. The summed E-state index contributed by atoms with van der Waals surface area (Å²) in [5, 5.41) is 32.6. The molecule has 10 heteroatoms. The van der Waals surface area contributed by atoms with Crippen LogP contribution in [-0.4, -0.2) is 32.6 Å². The number of allylic oxidation sites excluding steroid dienone is 2. The number of nitrogens with one attached hydrogen (secondary N) is 1. The fraction of sp³-hybridized carbons (Fsp3) is 0.200. The number of carboxylic acids is 2. The maximum Gasteiger partial charge on any atom is 0.334 e. The van der Waals surface area contributed by atoms with E-state index in [1.165, 1.54) is 38.1 Å². The molecule has 0 saturated carbocycles. The summed E-state index contributed by atoms with van der Waals surface area (Å²) in [5.41, 5.74) is 0.329. The molecule has 0 bridgehead atoms. The number of aliphatic carboxylic acids is 2. The molecule has 0 unspecified atom stereocenters. The van der Waals surface area contributed by atoms with E-state index < -0.39 is 22.8 Å². The van der Waals surface area contributed by atoms with Crippen molar-refractivity contribution in [2.75, 3.05) is 0 Å². The molecule has 5 N–H and O–H groups in total. The molecule has 1 aliphatic rings. The number of hydrogen-bond acceptors (Lipinski definition) is 5. The van der Waals surface area contributed by atoms with Crippen molar-refractivity contribution in [3.8, 4) is 0 Å². The quantitative estimate of drug-likeness (QED) is 0.533. The van der Waals surface area contributed by atoms with Gasteiger partial charge in [-0.3, -0.25) is 10.1 Å². The number of nitrogens with zero attached hydrogens (tertiary/aromatic N) is 1. The van der Waals surface area contributed by atoms with E-state index >= 15 is 0 Å². The molecule has 0 aliphatic carbocycles. The van der Waals surface area contributed by atoms with Gasteiger partial charge in [-0.25, -0.2) is 9.59 Å². The fourth-order valence-electron chi connectivity index (χ4n) is 2.71. The molecule has 0 radical (unpaired) electrons. The summed E-state index contributed by atoms with van der Waals surface area (Å²) in [4.78, 5) is 33.5. The number of halogens is 1. The SMILES string of the molecule is CC1=C(C(=O)O)C(c2cccc([N+](=O)[O-])c2)C(C(=O)O)=C(C)N1.Cl.O. The lowest BCUT2D eigenvalue weighted by Crippen LogP contribution is -2.31. The summed E-state index contributed by atoms with van der Waals surface area (Å²) in [6.07, 6.45) is 0. The number of dihydropyridines is 1. The Morgan fingerprint density at radius 3 is 2.00 bits per heavy atom. The number of rotatable bonds is 4. The van der Waals surface area contributed by atoms with E-state index in [4.69, 9.17) is 0 Å². The number of carboxylic acid groups (broad SMARTS) is 2. The van der Waals surface area contributed by atoms with Crippen molar-refractivity contribution in [3.05, 3.63) is 62.5 Å². The summed E-state index contributed by atoms with van der Waals surface area (Å²) in [5.74, 6) is -3.65. The standard InChI is InChI=1S/C15H14N2O6.ClH.H2O/c1-7-11(14(18)19)13(12(15(20)21)8(2)16-7)9-4-3-5-10(6-9)17(22)23;;/h3-6,13,16H,1-2H3,(H,18,19)(H,20,21);1H;1H2. The van der Waals surface area contributed by atoms with Gasteiger partial charge >= 0.3 is 11.9 Å². The van der Waals surface area contributed by atoms with Crippen LogP contribution in [-0.2, 0) is 9.59 Å². The van der Waals surface area contributed by atoms with Crippen molar-refractivity contribution in [2.45, 2.75) is 19.8 Å². The van der Waals surface area contributed by atoms with Crippen LogP contribution in [0.25, 0.3) is 0 Å². The first-order valence-electron chi connectivity index (χ1n) is 6.63. The van der Waals surface area contributed by atoms with Gasteiger partial charge in [-0.1, -0.05) is 12.1 Å². The van der Waals surface area contributed by atoms with Gasteiger partial charge in [-0.2, -0.15) is 0 Å². The Kier molecular flexibility index (Phi) is 7.30. The summed E-state index contributed by atoms with van der Waals surface area (Å²) in [6, 6.07) is 5.34. The molecule has 2 rings (SSSR count). The predicted octanol–water partition coefficient (Wildman–Crippen LogP) is 1.60. The Hall–Kier alpha value is -2.91. The van der Waals surface area contributed by atoms with E-state index in [1.54, 1.807) is 0 Å². The third-order valence-corrected chi connectivity index (χ3v) is 3.64. The fourth-order valence-corrected chi connectivity index (χ4v) is 2.71. The molecule has 0 atom stereocenters. The number of nitro groups is 1. The Balaban J connectivity index is 0.00000288. The van der Waals surface area contributed by atoms with Gasteiger partial charge in [-0.15, -0.1) is 12.4 Å². The summed E-state index contributed by atoms with van der Waals surface area (Å²) in [7, 11) is 0. The zero-order chi connectivity index (χ0) is 17.3. The van der Waals surface area contributed by atoms with Gasteiger partial charge in [0.25, 0.3) is 5.69 Å². The van der Waals surface area contributed by atoms with Gasteiger partial charge < -0.3 is 21.0 Å². The van der Waals surface area contributed by atoms with E-state index in [0.29, 0.717) is 11.4 Å². The molecule has 136 valence electrons. The van der Waals surface area contributed by atoms with Gasteiger partial charge in [0, 0.05) is 23.5 Å². The maximum absolute atomic E-state index is 11.6. The summed E-state index contributed by atoms with van der Waals surface area (Å²) < 4.78 is 0. The highest BCUT2D eigenvalue weighted by atomic mass is 35.5. The average molecular weight is 373 g/mol. The van der Waals surface area contributed by atoms with Gasteiger partial charge in [-0.05, 0) is 19.4 Å². The van der Waals surface area contributed by atoms with Crippen LogP contribution in [0.4, 0.5) is 5.69 Å². The van der Waals surface area contributed by atoms with E-state index in [0.717, 1.165) is 0 Å². The lowest BCUT2D eigenvalue weighted by Gasteiger charge is -2.28. The van der Waals surface area contributed by atoms with Crippen LogP contribution in [0.15, 0.2) is 46.8 Å². The first-order chi connectivity index (χ1) is 10.7. The molecule has 0 saturated heterocycles. The number of benzene rings is 1. The normalized spacial score (nSPS) is 14.2. The molecule has 0 fully saturated rings. The molecule has 1 heterocycles. The van der Waals surface area contributed by atoms with E-state index in [9.17, 15) is 29.9 Å². The number of non-ortho nitro benzene ring substituents is 1. The molecule has 25 heavy (non-hydrogen) atoms. The number of hydrogen-bond donors (Lipinski definition) is 3. The molecule has 0 aromatic heterocycles. The smallest absolute Gasteiger partial charge is 0.334 e. The lowest BCUT2D eigenvalue weighted by molar-refractivity contribution is -0.384. The van der Waals surface area contributed by atoms with Crippen LogP contribution in [0.2, 0.25) is 0 Å². The molecule has 1 aliphatic heterocycles. The van der Waals surface area contributed by atoms with E-state index in [1.807, 2.05) is 0 Å². The monoisotopic (exact) mass is 372 g/mol. The molecule has 1 aromatic carbocycles. The summed E-state index contributed by atoms with van der Waals surface area (Å²) >= 11 is 0. The highest BCUT2D eigenvalue weighted by Gasteiger charge is 2.36. The first kappa shape index (κ1) is 22.1. The highest BCUT2D eigenvalue weighted by Crippen LogP contribution is 2.39. The predicted molar refractivity (Wildman–Crippen MR) is 90.5 cm³/mol. The minimum Gasteiger partial charge on any atom is -0.478 e. The van der Waals surface area contributed by atoms with E-state index in [-0.39, 0.29) is 40.3 Å². The van der Waals surface area contributed by atoms with Crippen molar-refractivity contribution < 1.29 is 30.2 Å². The largest absolute Gasteiger partial charge is 0.478 e. The van der Waals surface area contributed by atoms with Crippen LogP contribution in [0.3, 0.4) is 0 Å². The van der Waals surface area contributed by atoms with Gasteiger partial charge in [0.1, 0.15) is 0 Å². The topological polar surface area (TPSA) is 161 Å². The lowest BCUT2D eigenvalue weighted by atomic mass is 9.80. The Morgan fingerprint density at radius 1 is 1.12 bits per heavy atom. The Bertz CT molecular complexity index is 750. The van der Waals surface area contributed by atoms with Crippen molar-refractivity contribution in [1.29, 1.82) is 0 Å². The second kappa shape index (κ2) is 8.27. The van der Waals surface area contributed by atoms with Crippen molar-refractivity contribution >= 4 is 30.0 Å². The molecule has 0 spiro atoms. The number of nitro benzene ring substituents is 1. The summed E-state index contributed by atoms with van der Waals surface area (Å²) in [6.45, 7) is 3.05. The van der Waals surface area contributed by atoms with Crippen LogP contribution in [0.5, 0.6) is 0 Å². The third-order valence-electron chi connectivity index (χ3n) is 3.64. The average Bonchev–Trinajstić information content (AvgIpc) is 2.45. The first-order valence-corrected chi connectivity index (χ1v) is 6.63. The van der Waals surface area contributed by atoms with Crippen LogP contribution in [0, 0.1) is 10.1 Å². The minimum absolute atomic E-state index is 0. The Labute approximate surface area is 148 Å². The highest BCUT2D eigenvalue weighted by molar-refractivity contribution is 5.98. The second-order valence-corrected chi connectivity index (χ2v) is 5.10. The zero-order valence-electron chi connectivity index (χ0n) is 13.3. The molecule has 0 amide bonds. The van der Waals surface area contributed by atoms with Crippen LogP contribution < -0.4 is 5.32 Å². The molecule has 1 aromatic rings. The third kappa shape index (κ3) is 4.14. The molecular weight excluding hydrogens is 356 g/mol. The number of carbonyl (C=O) groups is 2. The molecular formula is C15H17ClN2O7. The van der Waals surface area contributed by atoms with Gasteiger partial charge in [0.15, 0.2) is 0 Å². The molecule has 9 nitrogen and oxygen atoms in total. The van der Waals surface area contributed by atoms with Crippen molar-refractivity contribution in [3.63, 3.8) is 0 Å². The van der Waals surface area contributed by atoms with Gasteiger partial charge in [0.05, 0.1) is 22.0 Å². The van der Waals surface area contributed by atoms with Crippen LogP contribution in [0.1, 0.15) is 25.3 Å². The maximum atomic E-state index is 11.6. The van der Waals surface area contributed by atoms with E-state index in [2.05, 4.69) is 5.32 Å². The van der Waals surface area contributed by atoms with Crippen LogP contribution >= 0.6 is 12.4 Å². The minimum atomic E-state index is -1.28. The van der Waals surface area contributed by atoms with Crippen molar-refractivity contribution in [2.24, 2.45) is 0 Å². The zero-order valence-corrected chi connectivity index (χ0v) is 14.1. The van der Waals surface area contributed by atoms with Crippen molar-refractivity contribution in [1.82, 2.24) is 5.32 Å². The van der Waals surface area contributed by atoms with Gasteiger partial charge in [0.2, 0.25) is 0 Å².